The molecule has 0 saturated carbocycles. The number of Topliss-reactive ketones (excluding diaryl/α,β-unsaturated/α-hetero) is 1. The van der Waals surface area contributed by atoms with Crippen LogP contribution in [0.3, 0.4) is 0 Å². The number of carbonyl (C=O) groups excluding carboxylic acids is 1. The maximum absolute atomic E-state index is 11.3. The van der Waals surface area contributed by atoms with E-state index >= 15 is 0 Å². The summed E-state index contributed by atoms with van der Waals surface area (Å²) in [5.41, 5.74) is 0.599. The van der Waals surface area contributed by atoms with Crippen molar-refractivity contribution in [2.24, 2.45) is 0 Å². The van der Waals surface area contributed by atoms with Crippen molar-refractivity contribution < 1.29 is 14.6 Å². The maximum Gasteiger partial charge on any atom is 0.159 e. The summed E-state index contributed by atoms with van der Waals surface area (Å²) in [6, 6.07) is 6.95. The lowest BCUT2D eigenvalue weighted by molar-refractivity contribution is 0.0754. The number of rotatable bonds is 10. The Bertz CT molecular complexity index is 475. The maximum atomic E-state index is 11.3. The van der Waals surface area contributed by atoms with Crippen LogP contribution in [0.15, 0.2) is 49.6 Å². The molecule has 0 aliphatic rings. The fraction of sp³-hybridized carbons (Fsp3) is 0.353. The molecule has 1 rings (SSSR count). The molecule has 1 aromatic rings. The highest BCUT2D eigenvalue weighted by Crippen LogP contribution is 2.14. The molecule has 1 N–H and O–H groups in total. The molecule has 0 saturated heterocycles. The molecular weight excluding hydrogens is 266 g/mol. The molecule has 0 heterocycles. The molecule has 1 aromatic carbocycles. The highest BCUT2D eigenvalue weighted by molar-refractivity contribution is 5.94. The summed E-state index contributed by atoms with van der Waals surface area (Å²) in [7, 11) is 0. The third kappa shape index (κ3) is 6.38. The van der Waals surface area contributed by atoms with E-state index in [1.165, 1.54) is 6.92 Å². The molecule has 114 valence electrons. The van der Waals surface area contributed by atoms with E-state index in [1.807, 2.05) is 4.90 Å². The summed E-state index contributed by atoms with van der Waals surface area (Å²) in [6.45, 7) is 10.9. The molecule has 0 aliphatic carbocycles. The van der Waals surface area contributed by atoms with Crippen LogP contribution in [0.2, 0.25) is 0 Å². The first-order valence-corrected chi connectivity index (χ1v) is 6.92. The molecule has 4 nitrogen and oxygen atoms in total. The van der Waals surface area contributed by atoms with Gasteiger partial charge in [-0.15, -0.1) is 13.2 Å². The van der Waals surface area contributed by atoms with Crippen LogP contribution in [0, 0.1) is 0 Å². The number of aliphatic hydroxyl groups is 1. The Morgan fingerprint density at radius 3 is 2.62 bits per heavy atom. The van der Waals surface area contributed by atoms with Gasteiger partial charge in [-0.05, 0) is 19.1 Å². The van der Waals surface area contributed by atoms with Gasteiger partial charge in [-0.2, -0.15) is 0 Å². The standard InChI is InChI=1S/C17H23NO3/c1-4-9-18(10-5-2)12-16(20)13-21-17-8-6-7-15(11-17)14(3)19/h4-8,11,16,20H,1-2,9-10,12-13H2,3H3. The fourth-order valence-corrected chi connectivity index (χ4v) is 1.94. The van der Waals surface area contributed by atoms with Crippen LogP contribution in [-0.2, 0) is 0 Å². The molecular formula is C17H23NO3. The van der Waals surface area contributed by atoms with Crippen LogP contribution in [0.1, 0.15) is 17.3 Å². The van der Waals surface area contributed by atoms with Crippen LogP contribution in [-0.4, -0.2) is 48.1 Å². The lowest BCUT2D eigenvalue weighted by Crippen LogP contribution is -2.35. The second kappa shape index (κ2) is 9.10. The van der Waals surface area contributed by atoms with E-state index in [4.69, 9.17) is 4.74 Å². The van der Waals surface area contributed by atoms with E-state index < -0.39 is 6.10 Å². The van der Waals surface area contributed by atoms with Crippen LogP contribution in [0.4, 0.5) is 0 Å². The zero-order chi connectivity index (χ0) is 15.7. The van der Waals surface area contributed by atoms with Crippen molar-refractivity contribution in [3.63, 3.8) is 0 Å². The van der Waals surface area contributed by atoms with Crippen LogP contribution >= 0.6 is 0 Å². The number of hydrogen-bond donors (Lipinski definition) is 1. The van der Waals surface area contributed by atoms with Gasteiger partial charge in [-0.3, -0.25) is 9.69 Å². The SMILES string of the molecule is C=CCN(CC=C)CC(O)COc1cccc(C(C)=O)c1. The summed E-state index contributed by atoms with van der Waals surface area (Å²) in [4.78, 5) is 13.3. The number of hydrogen-bond acceptors (Lipinski definition) is 4. The lowest BCUT2D eigenvalue weighted by Gasteiger charge is -2.22. The Balaban J connectivity index is 2.49. The molecule has 0 spiro atoms. The van der Waals surface area contributed by atoms with E-state index in [9.17, 15) is 9.90 Å². The first kappa shape index (κ1) is 17.1. The Morgan fingerprint density at radius 1 is 1.38 bits per heavy atom. The monoisotopic (exact) mass is 289 g/mol. The molecule has 0 amide bonds. The summed E-state index contributed by atoms with van der Waals surface area (Å²) in [5.74, 6) is 0.574. The predicted octanol–water partition coefficient (Wildman–Crippen LogP) is 2.30. The second-order valence-corrected chi connectivity index (χ2v) is 4.84. The average molecular weight is 289 g/mol. The van der Waals surface area contributed by atoms with Crippen molar-refractivity contribution in [2.45, 2.75) is 13.0 Å². The fourth-order valence-electron chi connectivity index (χ4n) is 1.94. The topological polar surface area (TPSA) is 49.8 Å². The van der Waals surface area contributed by atoms with Gasteiger partial charge in [0.25, 0.3) is 0 Å². The van der Waals surface area contributed by atoms with Crippen molar-refractivity contribution in [3.8, 4) is 5.75 Å². The molecule has 4 heteroatoms. The Kier molecular flexibility index (Phi) is 7.43. The summed E-state index contributed by atoms with van der Waals surface area (Å²) < 4.78 is 5.54. The van der Waals surface area contributed by atoms with Crippen LogP contribution < -0.4 is 4.74 Å². The summed E-state index contributed by atoms with van der Waals surface area (Å²) >= 11 is 0. The second-order valence-electron chi connectivity index (χ2n) is 4.84. The van der Waals surface area contributed by atoms with Crippen LogP contribution in [0.5, 0.6) is 5.75 Å². The van der Waals surface area contributed by atoms with Crippen molar-refractivity contribution in [3.05, 3.63) is 55.1 Å². The highest BCUT2D eigenvalue weighted by Gasteiger charge is 2.11. The minimum Gasteiger partial charge on any atom is -0.491 e. The number of carbonyl (C=O) groups is 1. The van der Waals surface area contributed by atoms with Gasteiger partial charge in [0.15, 0.2) is 5.78 Å². The quantitative estimate of drug-likeness (QED) is 0.530. The zero-order valence-corrected chi connectivity index (χ0v) is 12.5. The highest BCUT2D eigenvalue weighted by atomic mass is 16.5. The number of benzene rings is 1. The number of nitrogens with zero attached hydrogens (tertiary/aromatic N) is 1. The first-order chi connectivity index (χ1) is 10.1. The van der Waals surface area contributed by atoms with Gasteiger partial charge in [0, 0.05) is 25.2 Å². The smallest absolute Gasteiger partial charge is 0.159 e. The minimum absolute atomic E-state index is 0.0101. The number of ketones is 1. The molecule has 0 fully saturated rings. The molecule has 0 aromatic heterocycles. The summed E-state index contributed by atoms with van der Waals surface area (Å²) in [5, 5.41) is 10.0. The average Bonchev–Trinajstić information content (AvgIpc) is 2.46. The van der Waals surface area contributed by atoms with E-state index in [1.54, 1.807) is 36.4 Å². The molecule has 1 unspecified atom stereocenters. The molecule has 21 heavy (non-hydrogen) atoms. The van der Waals surface area contributed by atoms with Gasteiger partial charge in [0.05, 0.1) is 0 Å². The lowest BCUT2D eigenvalue weighted by atomic mass is 10.1. The van der Waals surface area contributed by atoms with Gasteiger partial charge < -0.3 is 9.84 Å². The van der Waals surface area contributed by atoms with Crippen molar-refractivity contribution >= 4 is 5.78 Å². The van der Waals surface area contributed by atoms with Gasteiger partial charge >= 0.3 is 0 Å². The number of ether oxygens (including phenoxy) is 1. The Hall–Kier alpha value is -1.91. The van der Waals surface area contributed by atoms with Gasteiger partial charge in [0.2, 0.25) is 0 Å². The van der Waals surface area contributed by atoms with Gasteiger partial charge in [-0.25, -0.2) is 0 Å². The minimum atomic E-state index is -0.620. The third-order valence-electron chi connectivity index (χ3n) is 2.93. The predicted molar refractivity (Wildman–Crippen MR) is 84.8 cm³/mol. The molecule has 1 atom stereocenters. The normalized spacial score (nSPS) is 12.0. The van der Waals surface area contributed by atoms with Crippen molar-refractivity contribution in [1.29, 1.82) is 0 Å². The largest absolute Gasteiger partial charge is 0.491 e. The number of aliphatic hydroxyl groups excluding tert-OH is 1. The summed E-state index contributed by atoms with van der Waals surface area (Å²) in [6.07, 6.45) is 2.95. The molecule has 0 bridgehead atoms. The Labute approximate surface area is 126 Å². The first-order valence-electron chi connectivity index (χ1n) is 6.92. The van der Waals surface area contributed by atoms with E-state index in [-0.39, 0.29) is 12.4 Å². The Morgan fingerprint density at radius 2 is 2.05 bits per heavy atom. The van der Waals surface area contributed by atoms with Gasteiger partial charge in [0.1, 0.15) is 18.5 Å². The zero-order valence-electron chi connectivity index (χ0n) is 12.5. The van der Waals surface area contributed by atoms with Crippen LogP contribution in [0.25, 0.3) is 0 Å². The van der Waals surface area contributed by atoms with E-state index in [0.717, 1.165) is 0 Å². The van der Waals surface area contributed by atoms with E-state index in [2.05, 4.69) is 13.2 Å². The molecule has 0 radical (unpaired) electrons. The van der Waals surface area contributed by atoms with Gasteiger partial charge in [-0.1, -0.05) is 24.3 Å². The molecule has 0 aliphatic heterocycles. The van der Waals surface area contributed by atoms with Crippen molar-refractivity contribution in [2.75, 3.05) is 26.2 Å². The van der Waals surface area contributed by atoms with E-state index in [0.29, 0.717) is 30.9 Å². The third-order valence-corrected chi connectivity index (χ3v) is 2.93. The van der Waals surface area contributed by atoms with Crippen molar-refractivity contribution in [1.82, 2.24) is 4.90 Å².